The van der Waals surface area contributed by atoms with Crippen molar-refractivity contribution in [2.75, 3.05) is 11.9 Å². The van der Waals surface area contributed by atoms with Crippen molar-refractivity contribution in [1.82, 2.24) is 4.90 Å². The van der Waals surface area contributed by atoms with Crippen LogP contribution < -0.4 is 10.1 Å². The Hall–Kier alpha value is -2.20. The molecule has 2 atom stereocenters. The van der Waals surface area contributed by atoms with Gasteiger partial charge in [0, 0.05) is 30.6 Å². The second-order valence-electron chi connectivity index (χ2n) is 7.46. The van der Waals surface area contributed by atoms with E-state index >= 15 is 0 Å². The average Bonchev–Trinajstić information content (AvgIpc) is 2.67. The Kier molecular flexibility index (Phi) is 8.18. The molecule has 1 heterocycles. The molecular weight excluding hydrogens is 372 g/mol. The van der Waals surface area contributed by atoms with Gasteiger partial charge in [-0.1, -0.05) is 50.2 Å². The van der Waals surface area contributed by atoms with Gasteiger partial charge in [0.05, 0.1) is 5.69 Å². The Labute approximate surface area is 173 Å². The molecule has 0 aromatic heterocycles. The first kappa shape index (κ1) is 22.1. The molecule has 1 N–H and O–H groups in total. The molecule has 28 heavy (non-hydrogen) atoms. The molecule has 0 spiro atoms. The number of halogens is 1. The van der Waals surface area contributed by atoms with Crippen LogP contribution in [-0.4, -0.2) is 29.4 Å². The number of para-hydroxylation sites is 2. The van der Waals surface area contributed by atoms with Crippen LogP contribution in [-0.2, 0) is 4.79 Å². The van der Waals surface area contributed by atoms with Gasteiger partial charge in [-0.15, -0.1) is 0 Å². The number of carbonyl (C=O) groups excluding carboxylic acids is 1. The summed E-state index contributed by atoms with van der Waals surface area (Å²) in [6.07, 6.45) is 7.14. The van der Waals surface area contributed by atoms with E-state index in [9.17, 15) is 4.79 Å². The van der Waals surface area contributed by atoms with E-state index in [1.807, 2.05) is 36.1 Å². The van der Waals surface area contributed by atoms with Crippen LogP contribution in [0.1, 0.15) is 40.5 Å². The van der Waals surface area contributed by atoms with Gasteiger partial charge in [-0.05, 0) is 50.0 Å². The Morgan fingerprint density at radius 2 is 2.07 bits per heavy atom. The molecule has 0 aliphatic carbocycles. The first-order valence-corrected chi connectivity index (χ1v) is 10.2. The number of rotatable bonds is 7. The van der Waals surface area contributed by atoms with Gasteiger partial charge in [-0.25, -0.2) is 0 Å². The lowest BCUT2D eigenvalue weighted by molar-refractivity contribution is -0.133. The first-order valence-electron chi connectivity index (χ1n) is 9.81. The number of hydrogen-bond donors (Lipinski definition) is 1. The molecule has 2 rings (SSSR count). The highest BCUT2D eigenvalue weighted by atomic mass is 35.5. The topological polar surface area (TPSA) is 41.6 Å². The quantitative estimate of drug-likeness (QED) is 0.468. The zero-order chi connectivity index (χ0) is 20.7. The molecule has 0 saturated carbocycles. The normalized spacial score (nSPS) is 20.5. The van der Waals surface area contributed by atoms with Gasteiger partial charge in [0.25, 0.3) is 0 Å². The summed E-state index contributed by atoms with van der Waals surface area (Å²) >= 11 is 5.98. The summed E-state index contributed by atoms with van der Waals surface area (Å²) in [5.74, 6) is 1.81. The van der Waals surface area contributed by atoms with E-state index in [4.69, 9.17) is 16.3 Å². The van der Waals surface area contributed by atoms with Crippen molar-refractivity contribution in [2.24, 2.45) is 5.92 Å². The summed E-state index contributed by atoms with van der Waals surface area (Å²) < 4.78 is 5.92. The van der Waals surface area contributed by atoms with Crippen LogP contribution >= 0.6 is 11.6 Å². The molecule has 1 aliphatic heterocycles. The predicted molar refractivity (Wildman–Crippen MR) is 118 cm³/mol. The monoisotopic (exact) mass is 402 g/mol. The van der Waals surface area contributed by atoms with Gasteiger partial charge in [0.15, 0.2) is 0 Å². The third kappa shape index (κ3) is 6.16. The Bertz CT molecular complexity index is 755. The van der Waals surface area contributed by atoms with Crippen molar-refractivity contribution in [2.45, 2.75) is 52.6 Å². The van der Waals surface area contributed by atoms with Gasteiger partial charge in [0.2, 0.25) is 5.91 Å². The molecule has 1 fully saturated rings. The van der Waals surface area contributed by atoms with E-state index in [0.717, 1.165) is 30.8 Å². The van der Waals surface area contributed by atoms with Crippen molar-refractivity contribution in [3.05, 3.63) is 59.9 Å². The zero-order valence-corrected chi connectivity index (χ0v) is 18.0. The van der Waals surface area contributed by atoms with Crippen molar-refractivity contribution in [3.63, 3.8) is 0 Å². The van der Waals surface area contributed by atoms with Gasteiger partial charge in [0.1, 0.15) is 11.5 Å². The van der Waals surface area contributed by atoms with Crippen LogP contribution in [0.5, 0.6) is 5.75 Å². The third-order valence-corrected chi connectivity index (χ3v) is 5.35. The number of benzene rings is 1. The number of ether oxygens (including phenoxy) is 1. The van der Waals surface area contributed by atoms with Crippen molar-refractivity contribution < 1.29 is 9.53 Å². The lowest BCUT2D eigenvalue weighted by atomic mass is 9.89. The highest BCUT2D eigenvalue weighted by molar-refractivity contribution is 6.31. The molecule has 4 nitrogen and oxygen atoms in total. The van der Waals surface area contributed by atoms with Crippen LogP contribution in [0.25, 0.3) is 0 Å². The minimum Gasteiger partial charge on any atom is -0.456 e. The summed E-state index contributed by atoms with van der Waals surface area (Å²) in [5, 5.41) is 4.24. The molecule has 0 bridgehead atoms. The van der Waals surface area contributed by atoms with Gasteiger partial charge in [-0.2, -0.15) is 0 Å². The number of allylic oxidation sites excluding steroid dienone is 4. The molecule has 1 saturated heterocycles. The number of nitrogens with zero attached hydrogens (tertiary/aromatic N) is 1. The zero-order valence-electron chi connectivity index (χ0n) is 17.2. The van der Waals surface area contributed by atoms with Gasteiger partial charge < -0.3 is 15.0 Å². The fraction of sp³-hybridized carbons (Fsp3) is 0.435. The maximum absolute atomic E-state index is 11.9. The molecule has 1 aromatic carbocycles. The van der Waals surface area contributed by atoms with Gasteiger partial charge in [-0.3, -0.25) is 4.79 Å². The van der Waals surface area contributed by atoms with E-state index in [0.29, 0.717) is 16.7 Å². The number of hydrogen-bond acceptors (Lipinski definition) is 3. The molecule has 152 valence electrons. The number of anilines is 1. The van der Waals surface area contributed by atoms with Gasteiger partial charge >= 0.3 is 0 Å². The average molecular weight is 403 g/mol. The third-order valence-electron chi connectivity index (χ3n) is 5.01. The molecule has 0 radical (unpaired) electrons. The second-order valence-corrected chi connectivity index (χ2v) is 7.90. The van der Waals surface area contributed by atoms with E-state index in [2.05, 4.69) is 25.7 Å². The molecule has 1 aromatic rings. The highest BCUT2D eigenvalue weighted by Gasteiger charge is 2.32. The van der Waals surface area contributed by atoms with E-state index < -0.39 is 0 Å². The summed E-state index contributed by atoms with van der Waals surface area (Å²) in [6, 6.07) is 8.38. The maximum Gasteiger partial charge on any atom is 0.219 e. The molecule has 2 unspecified atom stereocenters. The highest BCUT2D eigenvalue weighted by Crippen LogP contribution is 2.31. The number of likely N-dealkylation sites (tertiary alicyclic amines) is 1. The fourth-order valence-corrected chi connectivity index (χ4v) is 3.55. The standard InChI is InChI=1S/C23H31ClN2O2/c1-6-19(24)12-11-17(4)28-23-10-8-7-9-21(23)25-20-13-14-26(18(5)27)22(15-20)16(2)3/h6-12,16,20,22,25H,4,13-15H2,1-3,5H3/b12-11-,19-6+. The molecular formula is C23H31ClN2O2. The minimum atomic E-state index is 0.156. The molecule has 1 aliphatic rings. The maximum atomic E-state index is 11.9. The lowest BCUT2D eigenvalue weighted by Gasteiger charge is -2.41. The van der Waals surface area contributed by atoms with Crippen LogP contribution in [0.15, 0.2) is 59.9 Å². The lowest BCUT2D eigenvalue weighted by Crippen LogP contribution is -2.50. The molecule has 5 heteroatoms. The Morgan fingerprint density at radius 1 is 1.36 bits per heavy atom. The largest absolute Gasteiger partial charge is 0.456 e. The van der Waals surface area contributed by atoms with Crippen LogP contribution in [0.2, 0.25) is 0 Å². The Morgan fingerprint density at radius 3 is 2.71 bits per heavy atom. The molecule has 1 amide bonds. The number of nitrogens with one attached hydrogen (secondary N) is 1. The summed E-state index contributed by atoms with van der Waals surface area (Å²) in [7, 11) is 0. The fourth-order valence-electron chi connectivity index (χ4n) is 3.49. The van der Waals surface area contributed by atoms with Crippen molar-refractivity contribution in [1.29, 1.82) is 0 Å². The number of carbonyl (C=O) groups is 1. The van der Waals surface area contributed by atoms with Crippen molar-refractivity contribution in [3.8, 4) is 5.75 Å². The summed E-state index contributed by atoms with van der Waals surface area (Å²) in [6.45, 7) is 12.6. The van der Waals surface area contributed by atoms with Crippen LogP contribution in [0.4, 0.5) is 5.69 Å². The second kappa shape index (κ2) is 10.4. The summed E-state index contributed by atoms with van der Waals surface area (Å²) in [4.78, 5) is 13.9. The van der Waals surface area contributed by atoms with Crippen molar-refractivity contribution >= 4 is 23.2 Å². The van der Waals surface area contributed by atoms with Crippen LogP contribution in [0, 0.1) is 5.92 Å². The predicted octanol–water partition coefficient (Wildman–Crippen LogP) is 5.73. The Balaban J connectivity index is 2.08. The minimum absolute atomic E-state index is 0.156. The number of amides is 1. The first-order chi connectivity index (χ1) is 13.3. The number of piperidine rings is 1. The van der Waals surface area contributed by atoms with E-state index in [1.165, 1.54) is 0 Å². The van der Waals surface area contributed by atoms with E-state index in [-0.39, 0.29) is 18.0 Å². The van der Waals surface area contributed by atoms with Crippen LogP contribution in [0.3, 0.4) is 0 Å². The van der Waals surface area contributed by atoms with E-state index in [1.54, 1.807) is 25.2 Å². The smallest absolute Gasteiger partial charge is 0.219 e. The summed E-state index contributed by atoms with van der Waals surface area (Å²) in [5.41, 5.74) is 0.929. The SMILES string of the molecule is C=C(/C=C\C(Cl)=C/C)Oc1ccccc1NC1CCN(C(C)=O)C(C(C)C)C1.